The molecule has 4 nitrogen and oxygen atoms in total. The van der Waals surface area contributed by atoms with E-state index < -0.39 is 0 Å². The van der Waals surface area contributed by atoms with Crippen LogP contribution < -0.4 is 0 Å². The van der Waals surface area contributed by atoms with E-state index in [0.717, 1.165) is 10.9 Å². The number of benzene rings is 1. The lowest BCUT2D eigenvalue weighted by Crippen LogP contribution is -1.93. The van der Waals surface area contributed by atoms with Gasteiger partial charge < -0.3 is 0 Å². The lowest BCUT2D eigenvalue weighted by Gasteiger charge is -1.99. The van der Waals surface area contributed by atoms with Crippen LogP contribution in [-0.2, 0) is 4.79 Å². The first-order valence-corrected chi connectivity index (χ1v) is 4.77. The van der Waals surface area contributed by atoms with E-state index in [1.165, 1.54) is 6.20 Å². The second-order valence-electron chi connectivity index (χ2n) is 3.38. The number of carbonyl (C=O) groups excluding carboxylic acids is 1. The highest BCUT2D eigenvalue weighted by atomic mass is 16.1. The van der Waals surface area contributed by atoms with Crippen LogP contribution in [0, 0.1) is 0 Å². The second-order valence-corrected chi connectivity index (χ2v) is 3.38. The second kappa shape index (κ2) is 3.34. The van der Waals surface area contributed by atoms with Crippen LogP contribution in [0.15, 0.2) is 36.5 Å². The minimum atomic E-state index is 0.199. The molecule has 75 valence electrons. The first kappa shape index (κ1) is 8.91. The number of hydrogen-bond donors (Lipinski definition) is 0. The summed E-state index contributed by atoms with van der Waals surface area (Å²) in [7, 11) is 0. The van der Waals surface area contributed by atoms with E-state index in [2.05, 4.69) is 15.0 Å². The lowest BCUT2D eigenvalue weighted by molar-refractivity contribution is 0.561. The molecule has 0 aliphatic heterocycles. The van der Waals surface area contributed by atoms with Crippen molar-refractivity contribution < 1.29 is 4.79 Å². The summed E-state index contributed by atoms with van der Waals surface area (Å²) in [5, 5.41) is 0.979. The van der Waals surface area contributed by atoms with Gasteiger partial charge in [-0.3, -0.25) is 4.79 Å². The Morgan fingerprint density at radius 3 is 2.81 bits per heavy atom. The Kier molecular flexibility index (Phi) is 1.86. The molecule has 0 N–H and O–H groups in total. The molecule has 0 fully saturated rings. The van der Waals surface area contributed by atoms with Crippen molar-refractivity contribution in [3.63, 3.8) is 0 Å². The Morgan fingerprint density at radius 2 is 1.94 bits per heavy atom. The standard InChI is InChI=1S/C12H6N3O/c16-7-9-6-13-12-11(14-9)5-8-3-1-2-4-10(8)15-12/h1-6H. The third-order valence-corrected chi connectivity index (χ3v) is 2.34. The van der Waals surface area contributed by atoms with Crippen LogP contribution >= 0.6 is 0 Å². The van der Waals surface area contributed by atoms with Crippen molar-refractivity contribution in [2.24, 2.45) is 0 Å². The zero-order chi connectivity index (χ0) is 11.0. The van der Waals surface area contributed by atoms with E-state index >= 15 is 0 Å². The van der Waals surface area contributed by atoms with E-state index in [0.29, 0.717) is 11.2 Å². The third kappa shape index (κ3) is 1.32. The fourth-order valence-electron chi connectivity index (χ4n) is 1.60. The fourth-order valence-corrected chi connectivity index (χ4v) is 1.60. The van der Waals surface area contributed by atoms with Crippen LogP contribution in [-0.4, -0.2) is 21.2 Å². The molecule has 0 saturated heterocycles. The lowest BCUT2D eigenvalue weighted by atomic mass is 10.2. The Balaban J connectivity index is 2.41. The van der Waals surface area contributed by atoms with Gasteiger partial charge in [-0.1, -0.05) is 18.2 Å². The zero-order valence-electron chi connectivity index (χ0n) is 8.21. The van der Waals surface area contributed by atoms with Gasteiger partial charge in [-0.2, -0.15) is 0 Å². The van der Waals surface area contributed by atoms with Gasteiger partial charge in [0.05, 0.1) is 11.7 Å². The summed E-state index contributed by atoms with van der Waals surface area (Å²) in [6.45, 7) is 0. The number of aromatic nitrogens is 3. The molecule has 0 amide bonds. The molecule has 1 radical (unpaired) electrons. The molecule has 0 saturated carbocycles. The third-order valence-electron chi connectivity index (χ3n) is 2.34. The first-order chi connectivity index (χ1) is 7.86. The van der Waals surface area contributed by atoms with E-state index in [4.69, 9.17) is 0 Å². The van der Waals surface area contributed by atoms with Gasteiger partial charge in [0.2, 0.25) is 0 Å². The smallest absolute Gasteiger partial charge is 0.255 e. The number of fused-ring (bicyclic) bond motifs is 2. The highest BCUT2D eigenvalue weighted by Crippen LogP contribution is 2.16. The maximum Gasteiger partial charge on any atom is 0.255 e. The summed E-state index contributed by atoms with van der Waals surface area (Å²) in [6, 6.07) is 9.57. The predicted molar refractivity (Wildman–Crippen MR) is 59.6 cm³/mol. The molecule has 2 aromatic heterocycles. The number of rotatable bonds is 1. The molecule has 0 atom stereocenters. The molecule has 0 bridgehead atoms. The van der Waals surface area contributed by atoms with Crippen molar-refractivity contribution in [2.75, 3.05) is 0 Å². The molecule has 2 heterocycles. The largest absolute Gasteiger partial charge is 0.283 e. The molecule has 0 aliphatic carbocycles. The Hall–Kier alpha value is -2.36. The van der Waals surface area contributed by atoms with E-state index in [1.807, 2.05) is 30.3 Å². The highest BCUT2D eigenvalue weighted by Gasteiger charge is 2.03. The van der Waals surface area contributed by atoms with Crippen LogP contribution in [0.25, 0.3) is 22.1 Å². The van der Waals surface area contributed by atoms with Gasteiger partial charge in [0.1, 0.15) is 11.2 Å². The molecule has 0 unspecified atom stereocenters. The minimum Gasteiger partial charge on any atom is -0.283 e. The Morgan fingerprint density at radius 1 is 1.06 bits per heavy atom. The van der Waals surface area contributed by atoms with Crippen LogP contribution in [0.2, 0.25) is 0 Å². The van der Waals surface area contributed by atoms with Gasteiger partial charge in [-0.05, 0) is 12.1 Å². The first-order valence-electron chi connectivity index (χ1n) is 4.77. The monoisotopic (exact) mass is 208 g/mol. The quantitative estimate of drug-likeness (QED) is 0.570. The fraction of sp³-hybridized carbons (Fsp3) is 0. The summed E-state index contributed by atoms with van der Waals surface area (Å²) in [6.07, 6.45) is 3.09. The van der Waals surface area contributed by atoms with Crippen LogP contribution in [0.4, 0.5) is 0 Å². The molecule has 3 rings (SSSR count). The van der Waals surface area contributed by atoms with Crippen molar-refractivity contribution in [3.8, 4) is 0 Å². The zero-order valence-corrected chi connectivity index (χ0v) is 8.21. The molecule has 3 aromatic rings. The molecule has 4 heteroatoms. The maximum absolute atomic E-state index is 10.5. The highest BCUT2D eigenvalue weighted by molar-refractivity contribution is 5.89. The average molecular weight is 208 g/mol. The van der Waals surface area contributed by atoms with Gasteiger partial charge in [-0.25, -0.2) is 15.0 Å². The average Bonchev–Trinajstić information content (AvgIpc) is 2.35. The minimum absolute atomic E-state index is 0.199. The van der Waals surface area contributed by atoms with Crippen molar-refractivity contribution in [1.29, 1.82) is 0 Å². The summed E-state index contributed by atoms with van der Waals surface area (Å²) < 4.78 is 0. The summed E-state index contributed by atoms with van der Waals surface area (Å²) >= 11 is 0. The molecule has 0 spiro atoms. The molecular weight excluding hydrogens is 202 g/mol. The van der Waals surface area contributed by atoms with Gasteiger partial charge in [0.25, 0.3) is 6.29 Å². The van der Waals surface area contributed by atoms with Gasteiger partial charge in [0, 0.05) is 5.39 Å². The normalized spacial score (nSPS) is 10.8. The predicted octanol–water partition coefficient (Wildman–Crippen LogP) is 1.64. The Bertz CT molecular complexity index is 694. The summed E-state index contributed by atoms with van der Waals surface area (Å²) in [4.78, 5) is 23.0. The number of nitrogens with zero attached hydrogens (tertiary/aromatic N) is 3. The van der Waals surface area contributed by atoms with E-state index in [9.17, 15) is 4.79 Å². The van der Waals surface area contributed by atoms with Crippen LogP contribution in [0.5, 0.6) is 0 Å². The summed E-state index contributed by atoms with van der Waals surface area (Å²) in [5.74, 6) is 0. The van der Waals surface area contributed by atoms with E-state index in [-0.39, 0.29) is 5.69 Å². The van der Waals surface area contributed by atoms with E-state index in [1.54, 1.807) is 6.29 Å². The number of hydrogen-bond acceptors (Lipinski definition) is 4. The maximum atomic E-state index is 10.5. The Labute approximate surface area is 91.0 Å². The van der Waals surface area contributed by atoms with Crippen molar-refractivity contribution >= 4 is 28.4 Å². The molecular formula is C12H6N3O. The summed E-state index contributed by atoms with van der Waals surface area (Å²) in [5.41, 5.74) is 2.22. The topological polar surface area (TPSA) is 55.7 Å². The SMILES string of the molecule is O=[C]c1cnc2nc3ccccc3cc2n1. The molecule has 0 aliphatic rings. The van der Waals surface area contributed by atoms with Crippen LogP contribution in [0.3, 0.4) is 0 Å². The van der Waals surface area contributed by atoms with Crippen molar-refractivity contribution in [3.05, 3.63) is 42.2 Å². The number of para-hydroxylation sites is 1. The molecule has 1 aromatic carbocycles. The van der Waals surface area contributed by atoms with Gasteiger partial charge >= 0.3 is 0 Å². The number of pyridine rings is 1. The van der Waals surface area contributed by atoms with Gasteiger partial charge in [-0.15, -0.1) is 0 Å². The molecule has 16 heavy (non-hydrogen) atoms. The van der Waals surface area contributed by atoms with Crippen LogP contribution in [0.1, 0.15) is 5.69 Å². The van der Waals surface area contributed by atoms with Crippen molar-refractivity contribution in [1.82, 2.24) is 15.0 Å². The van der Waals surface area contributed by atoms with Gasteiger partial charge in [0.15, 0.2) is 5.65 Å². The van der Waals surface area contributed by atoms with Crippen molar-refractivity contribution in [2.45, 2.75) is 0 Å².